The summed E-state index contributed by atoms with van der Waals surface area (Å²) in [5, 5.41) is 7.32. The third-order valence-corrected chi connectivity index (χ3v) is 4.37. The van der Waals surface area contributed by atoms with Gasteiger partial charge in [0.1, 0.15) is 5.71 Å². The monoisotopic (exact) mass is 382 g/mol. The molecule has 0 heterocycles. The van der Waals surface area contributed by atoms with E-state index in [1.54, 1.807) is 19.1 Å². The molecule has 2 rings (SSSR count). The molecule has 1 unspecified atom stereocenters. The van der Waals surface area contributed by atoms with E-state index in [-0.39, 0.29) is 10.6 Å². The van der Waals surface area contributed by atoms with Gasteiger partial charge in [-0.15, -0.1) is 0 Å². The first kappa shape index (κ1) is 20.0. The Labute approximate surface area is 151 Å². The minimum atomic E-state index is -4.73. The molecule has 0 aliphatic carbocycles. The Hall–Kier alpha value is -2.32. The Morgan fingerprint density at radius 1 is 1.15 bits per heavy atom. The zero-order valence-corrected chi connectivity index (χ0v) is 14.9. The summed E-state index contributed by atoms with van der Waals surface area (Å²) in [5.74, 6) is 0. The molecule has 26 heavy (non-hydrogen) atoms. The lowest BCUT2D eigenvalue weighted by atomic mass is 9.97. The maximum absolute atomic E-state index is 12.8. The summed E-state index contributed by atoms with van der Waals surface area (Å²) < 4.78 is 58.6. The first-order chi connectivity index (χ1) is 12.1. The zero-order chi connectivity index (χ0) is 19.5. The zero-order valence-electron chi connectivity index (χ0n) is 14.1. The van der Waals surface area contributed by atoms with Gasteiger partial charge in [-0.25, -0.2) is 4.21 Å². The van der Waals surface area contributed by atoms with E-state index in [9.17, 15) is 17.4 Å². The Balaban J connectivity index is 2.50. The Kier molecular flexibility index (Phi) is 6.09. The van der Waals surface area contributed by atoms with Gasteiger partial charge < -0.3 is 9.96 Å². The van der Waals surface area contributed by atoms with Crippen LogP contribution in [-0.2, 0) is 11.1 Å². The van der Waals surface area contributed by atoms with E-state index in [4.69, 9.17) is 9.96 Å². The first-order valence-corrected chi connectivity index (χ1v) is 8.69. The van der Waals surface area contributed by atoms with Crippen LogP contribution >= 0.6 is 0 Å². The van der Waals surface area contributed by atoms with Crippen LogP contribution in [0.3, 0.4) is 0 Å². The Morgan fingerprint density at radius 3 is 2.31 bits per heavy atom. The van der Waals surface area contributed by atoms with Gasteiger partial charge >= 0.3 is 6.18 Å². The van der Waals surface area contributed by atoms with E-state index < -0.39 is 29.4 Å². The lowest BCUT2D eigenvalue weighted by Gasteiger charge is -2.14. The number of nitrogens with one attached hydrogen (secondary N) is 1. The predicted molar refractivity (Wildman–Crippen MR) is 96.0 cm³/mol. The summed E-state index contributed by atoms with van der Waals surface area (Å²) in [4.78, 5) is 4.45. The molecule has 0 fully saturated rings. The number of benzene rings is 2. The highest BCUT2D eigenvalue weighted by Crippen LogP contribution is 2.24. The van der Waals surface area contributed by atoms with Crippen LogP contribution in [0.2, 0.25) is 0 Å². The van der Waals surface area contributed by atoms with Crippen molar-refractivity contribution in [3.8, 4) is 0 Å². The van der Waals surface area contributed by atoms with Crippen LogP contribution in [0.25, 0.3) is 0 Å². The van der Waals surface area contributed by atoms with Crippen molar-refractivity contribution in [1.29, 1.82) is 5.41 Å². The Morgan fingerprint density at radius 2 is 1.77 bits per heavy atom. The number of aryl methyl sites for hydroxylation is 2. The average molecular weight is 382 g/mol. The quantitative estimate of drug-likeness (QED) is 0.566. The fourth-order valence-corrected chi connectivity index (χ4v) is 2.67. The van der Waals surface area contributed by atoms with Gasteiger partial charge in [-0.3, -0.25) is 4.99 Å². The number of halogens is 3. The summed E-state index contributed by atoms with van der Waals surface area (Å²) in [6, 6.07) is 11.0. The second-order valence-electron chi connectivity index (χ2n) is 5.77. The summed E-state index contributed by atoms with van der Waals surface area (Å²) in [7, 11) is 0. The SMILES string of the molecule is Cc1ccc(C)c(C(CC(=N)C(F)(F)F)=Nc2ccc(S(=O)O)cc2)c1. The van der Waals surface area contributed by atoms with E-state index in [0.29, 0.717) is 11.3 Å². The van der Waals surface area contributed by atoms with Crippen molar-refractivity contribution in [3.05, 3.63) is 59.2 Å². The number of alkyl halides is 3. The summed E-state index contributed by atoms with van der Waals surface area (Å²) in [6.07, 6.45) is -5.39. The number of rotatable bonds is 5. The second-order valence-corrected chi connectivity index (χ2v) is 6.74. The molecule has 0 saturated heterocycles. The van der Waals surface area contributed by atoms with Crippen molar-refractivity contribution in [2.75, 3.05) is 0 Å². The van der Waals surface area contributed by atoms with Crippen molar-refractivity contribution in [2.45, 2.75) is 31.3 Å². The standard InChI is InChI=1S/C18H17F3N2O2S/c1-11-3-4-12(2)15(9-11)16(10-17(22)18(19,20)21)23-13-5-7-14(8-6-13)26(24)25/h3-9,22H,10H2,1-2H3,(H,24,25). The highest BCUT2D eigenvalue weighted by molar-refractivity contribution is 7.79. The lowest BCUT2D eigenvalue weighted by molar-refractivity contribution is -0.0605. The van der Waals surface area contributed by atoms with E-state index in [0.717, 1.165) is 11.1 Å². The van der Waals surface area contributed by atoms with E-state index in [1.165, 1.54) is 24.3 Å². The molecule has 4 nitrogen and oxygen atoms in total. The van der Waals surface area contributed by atoms with Crippen LogP contribution in [0, 0.1) is 19.3 Å². The van der Waals surface area contributed by atoms with Crippen molar-refractivity contribution >= 4 is 28.2 Å². The molecule has 0 aliphatic rings. The molecule has 1 atom stereocenters. The van der Waals surface area contributed by atoms with Gasteiger partial charge in [0.05, 0.1) is 16.3 Å². The number of nitrogens with zero attached hydrogens (tertiary/aromatic N) is 1. The van der Waals surface area contributed by atoms with Gasteiger partial charge in [-0.05, 0) is 55.3 Å². The predicted octanol–water partition coefficient (Wildman–Crippen LogP) is 4.98. The fourth-order valence-electron chi connectivity index (χ4n) is 2.30. The highest BCUT2D eigenvalue weighted by Gasteiger charge is 2.35. The molecule has 0 spiro atoms. The summed E-state index contributed by atoms with van der Waals surface area (Å²) >= 11 is -2.14. The van der Waals surface area contributed by atoms with E-state index in [2.05, 4.69) is 4.99 Å². The van der Waals surface area contributed by atoms with Gasteiger partial charge in [0, 0.05) is 6.42 Å². The number of hydrogen-bond acceptors (Lipinski definition) is 3. The van der Waals surface area contributed by atoms with Gasteiger partial charge in [-0.2, -0.15) is 13.2 Å². The average Bonchev–Trinajstić information content (AvgIpc) is 2.56. The Bertz CT molecular complexity index is 875. The second kappa shape index (κ2) is 7.92. The number of hydrogen-bond donors (Lipinski definition) is 2. The third-order valence-electron chi connectivity index (χ3n) is 3.69. The van der Waals surface area contributed by atoms with Crippen LogP contribution in [0.15, 0.2) is 52.4 Å². The molecule has 0 aliphatic heterocycles. The molecule has 0 amide bonds. The molecule has 138 valence electrons. The molecule has 0 saturated carbocycles. The minimum absolute atomic E-state index is 0.117. The molecule has 2 N–H and O–H groups in total. The van der Waals surface area contributed by atoms with Crippen LogP contribution in [0.5, 0.6) is 0 Å². The van der Waals surface area contributed by atoms with E-state index >= 15 is 0 Å². The van der Waals surface area contributed by atoms with Crippen LogP contribution in [0.4, 0.5) is 18.9 Å². The van der Waals surface area contributed by atoms with Gasteiger partial charge in [0.25, 0.3) is 0 Å². The largest absolute Gasteiger partial charge is 0.429 e. The maximum Gasteiger partial charge on any atom is 0.429 e. The van der Waals surface area contributed by atoms with Crippen molar-refractivity contribution in [3.63, 3.8) is 0 Å². The van der Waals surface area contributed by atoms with Crippen molar-refractivity contribution in [2.24, 2.45) is 4.99 Å². The molecule has 2 aromatic rings. The molecule has 0 bridgehead atoms. The lowest BCUT2D eigenvalue weighted by Crippen LogP contribution is -2.25. The van der Waals surface area contributed by atoms with Gasteiger partial charge in [-0.1, -0.05) is 17.7 Å². The van der Waals surface area contributed by atoms with Gasteiger partial charge in [0.2, 0.25) is 0 Å². The topological polar surface area (TPSA) is 73.5 Å². The minimum Gasteiger partial charge on any atom is -0.302 e. The molecular formula is C18H17F3N2O2S. The molecule has 0 radical (unpaired) electrons. The van der Waals surface area contributed by atoms with Crippen molar-refractivity contribution < 1.29 is 21.9 Å². The van der Waals surface area contributed by atoms with Crippen LogP contribution in [-0.4, -0.2) is 26.4 Å². The smallest absolute Gasteiger partial charge is 0.302 e. The van der Waals surface area contributed by atoms with Crippen molar-refractivity contribution in [1.82, 2.24) is 0 Å². The summed E-state index contributed by atoms with van der Waals surface area (Å²) in [6.45, 7) is 3.58. The van der Waals surface area contributed by atoms with Gasteiger partial charge in [0.15, 0.2) is 11.1 Å². The normalized spacial score (nSPS) is 13.5. The first-order valence-electron chi connectivity index (χ1n) is 7.58. The molecule has 0 aromatic heterocycles. The molecule has 8 heteroatoms. The maximum atomic E-state index is 12.8. The van der Waals surface area contributed by atoms with Crippen LogP contribution < -0.4 is 0 Å². The molecule has 2 aromatic carbocycles. The number of aliphatic imine (C=N–C) groups is 1. The fraction of sp³-hybridized carbons (Fsp3) is 0.222. The highest BCUT2D eigenvalue weighted by atomic mass is 32.2. The third kappa shape index (κ3) is 5.09. The van der Waals surface area contributed by atoms with Crippen LogP contribution in [0.1, 0.15) is 23.1 Å². The van der Waals surface area contributed by atoms with E-state index in [1.807, 2.05) is 13.0 Å². The molecular weight excluding hydrogens is 365 g/mol. The summed E-state index contributed by atoms with van der Waals surface area (Å²) in [5.41, 5.74) is 1.22.